The van der Waals surface area contributed by atoms with Crippen LogP contribution in [0, 0.1) is 0 Å². The van der Waals surface area contributed by atoms with Gasteiger partial charge in [0.05, 0.1) is 12.0 Å². The van der Waals surface area contributed by atoms with E-state index in [9.17, 15) is 0 Å². The van der Waals surface area contributed by atoms with Crippen molar-refractivity contribution in [2.75, 3.05) is 0 Å². The highest BCUT2D eigenvalue weighted by atomic mass is 16.3. The first-order valence-electron chi connectivity index (χ1n) is 5.90. The van der Waals surface area contributed by atoms with E-state index in [4.69, 9.17) is 4.42 Å². The van der Waals surface area contributed by atoms with Crippen LogP contribution in [-0.4, -0.2) is 4.98 Å². The fourth-order valence-corrected chi connectivity index (χ4v) is 2.07. The molecule has 0 spiro atoms. The largest absolute Gasteiger partial charge is 0.463 e. The fourth-order valence-electron chi connectivity index (χ4n) is 2.07. The van der Waals surface area contributed by atoms with Gasteiger partial charge >= 0.3 is 0 Å². The number of aromatic nitrogens is 1. The molecule has 0 aliphatic rings. The molecule has 86 valence electrons. The van der Waals surface area contributed by atoms with E-state index in [0.29, 0.717) is 5.92 Å². The normalized spacial score (nSPS) is 11.5. The van der Waals surface area contributed by atoms with Gasteiger partial charge < -0.3 is 9.40 Å². The van der Waals surface area contributed by atoms with E-state index in [-0.39, 0.29) is 0 Å². The van der Waals surface area contributed by atoms with Crippen molar-refractivity contribution in [3.63, 3.8) is 0 Å². The lowest BCUT2D eigenvalue weighted by molar-refractivity contribution is 0.580. The third kappa shape index (κ3) is 1.76. The Bertz CT molecular complexity index is 632. The van der Waals surface area contributed by atoms with Crippen LogP contribution in [0.3, 0.4) is 0 Å². The molecule has 2 nitrogen and oxygen atoms in total. The minimum atomic E-state index is 0.557. The number of H-pyrrole nitrogens is 1. The van der Waals surface area contributed by atoms with Crippen molar-refractivity contribution in [3.8, 4) is 11.5 Å². The molecule has 0 bridgehead atoms. The molecular formula is C15H15NO. The lowest BCUT2D eigenvalue weighted by Gasteiger charge is -2.03. The lowest BCUT2D eigenvalue weighted by atomic mass is 10.0. The molecule has 3 aromatic rings. The van der Waals surface area contributed by atoms with Crippen molar-refractivity contribution >= 4 is 10.9 Å². The van der Waals surface area contributed by atoms with Crippen LogP contribution >= 0.6 is 0 Å². The zero-order valence-corrected chi connectivity index (χ0v) is 10.0. The van der Waals surface area contributed by atoms with E-state index in [2.05, 4.69) is 43.1 Å². The molecule has 1 aromatic carbocycles. The lowest BCUT2D eigenvalue weighted by Crippen LogP contribution is -1.85. The number of aromatic amines is 1. The first kappa shape index (κ1) is 10.2. The van der Waals surface area contributed by atoms with Crippen LogP contribution in [0.2, 0.25) is 0 Å². The van der Waals surface area contributed by atoms with Crippen LogP contribution in [-0.2, 0) is 0 Å². The van der Waals surface area contributed by atoms with Gasteiger partial charge in [0.25, 0.3) is 0 Å². The zero-order chi connectivity index (χ0) is 11.8. The minimum Gasteiger partial charge on any atom is -0.463 e. The summed E-state index contributed by atoms with van der Waals surface area (Å²) >= 11 is 0. The topological polar surface area (TPSA) is 28.9 Å². The molecule has 3 rings (SSSR count). The molecular weight excluding hydrogens is 210 g/mol. The average molecular weight is 225 g/mol. The van der Waals surface area contributed by atoms with E-state index in [1.165, 1.54) is 10.9 Å². The molecule has 2 aromatic heterocycles. The summed E-state index contributed by atoms with van der Waals surface area (Å²) in [7, 11) is 0. The molecule has 0 saturated heterocycles. The second-order valence-electron chi connectivity index (χ2n) is 4.66. The SMILES string of the molecule is CC(C)c1ccc2[nH]c(-c3ccco3)cc2c1. The number of benzene rings is 1. The van der Waals surface area contributed by atoms with Crippen LogP contribution in [0.1, 0.15) is 25.3 Å². The smallest absolute Gasteiger partial charge is 0.150 e. The van der Waals surface area contributed by atoms with Crippen molar-refractivity contribution in [2.45, 2.75) is 19.8 Å². The molecule has 2 heterocycles. The van der Waals surface area contributed by atoms with Crippen molar-refractivity contribution in [3.05, 3.63) is 48.2 Å². The number of rotatable bonds is 2. The Hall–Kier alpha value is -1.96. The predicted octanol–water partition coefficient (Wildman–Crippen LogP) is 4.55. The number of hydrogen-bond donors (Lipinski definition) is 1. The van der Waals surface area contributed by atoms with Crippen molar-refractivity contribution < 1.29 is 4.42 Å². The molecule has 0 aliphatic carbocycles. The van der Waals surface area contributed by atoms with E-state index in [1.807, 2.05) is 12.1 Å². The minimum absolute atomic E-state index is 0.557. The number of fused-ring (bicyclic) bond motifs is 1. The summed E-state index contributed by atoms with van der Waals surface area (Å²) in [6, 6.07) is 12.6. The zero-order valence-electron chi connectivity index (χ0n) is 10.0. The third-order valence-electron chi connectivity index (χ3n) is 3.10. The maximum absolute atomic E-state index is 5.40. The molecule has 0 saturated carbocycles. The highest BCUT2D eigenvalue weighted by molar-refractivity contribution is 5.85. The molecule has 0 aliphatic heterocycles. The van der Waals surface area contributed by atoms with Gasteiger partial charge in [-0.2, -0.15) is 0 Å². The van der Waals surface area contributed by atoms with Crippen LogP contribution < -0.4 is 0 Å². The molecule has 1 N–H and O–H groups in total. The molecule has 0 atom stereocenters. The van der Waals surface area contributed by atoms with Gasteiger partial charge in [0.2, 0.25) is 0 Å². The summed E-state index contributed by atoms with van der Waals surface area (Å²) in [5.74, 6) is 1.44. The van der Waals surface area contributed by atoms with Gasteiger partial charge in [0.15, 0.2) is 0 Å². The number of hydrogen-bond acceptors (Lipinski definition) is 1. The Morgan fingerprint density at radius 3 is 2.71 bits per heavy atom. The Morgan fingerprint density at radius 2 is 2.00 bits per heavy atom. The summed E-state index contributed by atoms with van der Waals surface area (Å²) in [4.78, 5) is 3.37. The Balaban J connectivity index is 2.13. The van der Waals surface area contributed by atoms with Crippen molar-refractivity contribution in [1.82, 2.24) is 4.98 Å². The van der Waals surface area contributed by atoms with Crippen molar-refractivity contribution in [1.29, 1.82) is 0 Å². The van der Waals surface area contributed by atoms with Gasteiger partial charge in [-0.3, -0.25) is 0 Å². The van der Waals surface area contributed by atoms with Gasteiger partial charge in [-0.05, 0) is 41.8 Å². The molecule has 2 heteroatoms. The fraction of sp³-hybridized carbons (Fsp3) is 0.200. The van der Waals surface area contributed by atoms with Gasteiger partial charge in [0, 0.05) is 10.9 Å². The summed E-state index contributed by atoms with van der Waals surface area (Å²) in [6.45, 7) is 4.42. The summed E-state index contributed by atoms with van der Waals surface area (Å²) in [5.41, 5.74) is 3.55. The van der Waals surface area contributed by atoms with Crippen LogP contribution in [0.4, 0.5) is 0 Å². The quantitative estimate of drug-likeness (QED) is 0.681. The van der Waals surface area contributed by atoms with Crippen molar-refractivity contribution in [2.24, 2.45) is 0 Å². The summed E-state index contributed by atoms with van der Waals surface area (Å²) < 4.78 is 5.40. The summed E-state index contributed by atoms with van der Waals surface area (Å²) in [5, 5.41) is 1.24. The van der Waals surface area contributed by atoms with E-state index in [0.717, 1.165) is 17.0 Å². The predicted molar refractivity (Wildman–Crippen MR) is 70.1 cm³/mol. The number of furan rings is 1. The first-order valence-corrected chi connectivity index (χ1v) is 5.90. The molecule has 0 unspecified atom stereocenters. The number of nitrogens with one attached hydrogen (secondary N) is 1. The van der Waals surface area contributed by atoms with Gasteiger partial charge in [-0.25, -0.2) is 0 Å². The highest BCUT2D eigenvalue weighted by Crippen LogP contribution is 2.27. The van der Waals surface area contributed by atoms with Gasteiger partial charge in [0.1, 0.15) is 5.76 Å². The van der Waals surface area contributed by atoms with Crippen LogP contribution in [0.25, 0.3) is 22.4 Å². The Morgan fingerprint density at radius 1 is 1.12 bits per heavy atom. The molecule has 0 fully saturated rings. The molecule has 0 radical (unpaired) electrons. The van der Waals surface area contributed by atoms with Crippen LogP contribution in [0.5, 0.6) is 0 Å². The van der Waals surface area contributed by atoms with Gasteiger partial charge in [-0.1, -0.05) is 19.9 Å². The average Bonchev–Trinajstić information content (AvgIpc) is 2.96. The van der Waals surface area contributed by atoms with E-state index < -0.39 is 0 Å². The Labute approximate surface area is 100 Å². The van der Waals surface area contributed by atoms with Crippen LogP contribution in [0.15, 0.2) is 47.1 Å². The Kier molecular flexibility index (Phi) is 2.29. The highest BCUT2D eigenvalue weighted by Gasteiger charge is 2.07. The second kappa shape index (κ2) is 3.81. The first-order chi connectivity index (χ1) is 8.24. The molecule has 17 heavy (non-hydrogen) atoms. The summed E-state index contributed by atoms with van der Waals surface area (Å²) in [6.07, 6.45) is 1.69. The molecule has 0 amide bonds. The maximum Gasteiger partial charge on any atom is 0.150 e. The standard InChI is InChI=1S/C15H15NO/c1-10(2)11-5-6-13-12(8-11)9-14(16-13)15-4-3-7-17-15/h3-10,16H,1-2H3. The third-order valence-corrected chi connectivity index (χ3v) is 3.10. The maximum atomic E-state index is 5.40. The monoisotopic (exact) mass is 225 g/mol. The van der Waals surface area contributed by atoms with E-state index >= 15 is 0 Å². The van der Waals surface area contributed by atoms with E-state index in [1.54, 1.807) is 6.26 Å². The van der Waals surface area contributed by atoms with Gasteiger partial charge in [-0.15, -0.1) is 0 Å². The second-order valence-corrected chi connectivity index (χ2v) is 4.66.